The molecule has 0 atom stereocenters. The van der Waals surface area contributed by atoms with E-state index in [4.69, 9.17) is 0 Å². The van der Waals surface area contributed by atoms with Crippen molar-refractivity contribution in [3.63, 3.8) is 0 Å². The van der Waals surface area contributed by atoms with Gasteiger partial charge < -0.3 is 0 Å². The van der Waals surface area contributed by atoms with Crippen LogP contribution in [0.15, 0.2) is 24.3 Å². The third-order valence-electron chi connectivity index (χ3n) is 3.20. The third-order valence-corrected chi connectivity index (χ3v) is 4.12. The van der Waals surface area contributed by atoms with Crippen molar-refractivity contribution < 1.29 is 13.2 Å². The van der Waals surface area contributed by atoms with Crippen molar-refractivity contribution in [2.75, 3.05) is 13.1 Å². The Balaban J connectivity index is 1.94. The van der Waals surface area contributed by atoms with E-state index in [1.54, 1.807) is 12.1 Å². The van der Waals surface area contributed by atoms with Gasteiger partial charge in [0.15, 0.2) is 0 Å². The minimum atomic E-state index is -4.24. The van der Waals surface area contributed by atoms with E-state index < -0.39 is 11.7 Å². The molecule has 0 amide bonds. The van der Waals surface area contributed by atoms with Gasteiger partial charge in [-0.2, -0.15) is 13.2 Å². The Morgan fingerprint density at radius 1 is 1.11 bits per heavy atom. The molecule has 0 radical (unpaired) electrons. The van der Waals surface area contributed by atoms with Gasteiger partial charge in [-0.15, -0.1) is 0 Å². The maximum absolute atomic E-state index is 12.4. The van der Waals surface area contributed by atoms with Crippen LogP contribution in [0.5, 0.6) is 0 Å². The van der Waals surface area contributed by atoms with Crippen LogP contribution in [0.25, 0.3) is 0 Å². The highest BCUT2D eigenvalue weighted by Crippen LogP contribution is 2.29. The Labute approximate surface area is 113 Å². The lowest BCUT2D eigenvalue weighted by Crippen LogP contribution is -2.33. The maximum atomic E-state index is 12.4. The molecule has 0 saturated carbocycles. The Hall–Kier alpha value is -0.550. The standard InChI is InChI=1S/C13H15BrF3N/c14-12-5-7-18(8-6-12)9-10-1-3-11(4-2-10)13(15,16)17/h1-4,12H,5-9H2. The number of benzene rings is 1. The average Bonchev–Trinajstić information content (AvgIpc) is 2.32. The first-order valence-corrected chi connectivity index (χ1v) is 6.89. The number of hydrogen-bond acceptors (Lipinski definition) is 1. The zero-order valence-corrected chi connectivity index (χ0v) is 11.5. The van der Waals surface area contributed by atoms with Crippen LogP contribution in [-0.2, 0) is 12.7 Å². The lowest BCUT2D eigenvalue weighted by Gasteiger charge is -2.29. The lowest BCUT2D eigenvalue weighted by molar-refractivity contribution is -0.137. The number of halogens is 4. The van der Waals surface area contributed by atoms with Gasteiger partial charge in [0.05, 0.1) is 5.56 Å². The number of likely N-dealkylation sites (tertiary alicyclic amines) is 1. The van der Waals surface area contributed by atoms with Crippen LogP contribution in [-0.4, -0.2) is 22.8 Å². The largest absolute Gasteiger partial charge is 0.416 e. The highest BCUT2D eigenvalue weighted by molar-refractivity contribution is 9.09. The van der Waals surface area contributed by atoms with Gasteiger partial charge in [-0.25, -0.2) is 0 Å². The van der Waals surface area contributed by atoms with Gasteiger partial charge in [0.1, 0.15) is 0 Å². The first-order chi connectivity index (χ1) is 8.45. The van der Waals surface area contributed by atoms with Gasteiger partial charge >= 0.3 is 6.18 Å². The fourth-order valence-electron chi connectivity index (χ4n) is 2.12. The van der Waals surface area contributed by atoms with E-state index in [2.05, 4.69) is 20.8 Å². The van der Waals surface area contributed by atoms with Gasteiger partial charge in [-0.1, -0.05) is 28.1 Å². The SMILES string of the molecule is FC(F)(F)c1ccc(CN2CCC(Br)CC2)cc1. The molecule has 1 fully saturated rings. The highest BCUT2D eigenvalue weighted by atomic mass is 79.9. The molecule has 1 saturated heterocycles. The van der Waals surface area contributed by atoms with Crippen molar-refractivity contribution in [3.05, 3.63) is 35.4 Å². The minimum Gasteiger partial charge on any atom is -0.299 e. The molecule has 1 aliphatic rings. The summed E-state index contributed by atoms with van der Waals surface area (Å²) in [7, 11) is 0. The van der Waals surface area contributed by atoms with Crippen LogP contribution in [0, 0.1) is 0 Å². The molecule has 100 valence electrons. The predicted octanol–water partition coefficient (Wildman–Crippen LogP) is 4.06. The normalized spacial score (nSPS) is 19.1. The van der Waals surface area contributed by atoms with E-state index in [1.165, 1.54) is 0 Å². The van der Waals surface area contributed by atoms with Crippen LogP contribution < -0.4 is 0 Å². The van der Waals surface area contributed by atoms with Gasteiger partial charge in [-0.05, 0) is 43.6 Å². The van der Waals surface area contributed by atoms with E-state index in [0.29, 0.717) is 4.83 Å². The monoisotopic (exact) mass is 321 g/mol. The van der Waals surface area contributed by atoms with Gasteiger partial charge in [-0.3, -0.25) is 4.90 Å². The second kappa shape index (κ2) is 5.61. The van der Waals surface area contributed by atoms with Crippen LogP contribution in [0.4, 0.5) is 13.2 Å². The molecule has 1 heterocycles. The summed E-state index contributed by atoms with van der Waals surface area (Å²) in [5.74, 6) is 0. The summed E-state index contributed by atoms with van der Waals surface area (Å²) in [6.45, 7) is 2.73. The van der Waals surface area contributed by atoms with Gasteiger partial charge in [0.25, 0.3) is 0 Å². The number of hydrogen-bond donors (Lipinski definition) is 0. The fourth-order valence-corrected chi connectivity index (χ4v) is 2.53. The van der Waals surface area contributed by atoms with Gasteiger partial charge in [0.2, 0.25) is 0 Å². The molecule has 0 aromatic heterocycles. The molecular formula is C13H15BrF3N. The fraction of sp³-hybridized carbons (Fsp3) is 0.538. The molecule has 0 spiro atoms. The third kappa shape index (κ3) is 3.72. The van der Waals surface area contributed by atoms with Crippen LogP contribution >= 0.6 is 15.9 Å². The van der Waals surface area contributed by atoms with Crippen LogP contribution in [0.1, 0.15) is 24.0 Å². The molecule has 2 rings (SSSR count). The van der Waals surface area contributed by atoms with Crippen molar-refractivity contribution in [2.24, 2.45) is 0 Å². The molecule has 5 heteroatoms. The summed E-state index contributed by atoms with van der Waals surface area (Å²) < 4.78 is 37.2. The topological polar surface area (TPSA) is 3.24 Å². The Kier molecular flexibility index (Phi) is 4.33. The summed E-state index contributed by atoms with van der Waals surface area (Å²) in [5, 5.41) is 0. The van der Waals surface area contributed by atoms with Crippen molar-refractivity contribution in [1.82, 2.24) is 4.90 Å². The molecule has 18 heavy (non-hydrogen) atoms. The molecule has 0 aliphatic carbocycles. The molecule has 1 aromatic rings. The van der Waals surface area contributed by atoms with Crippen molar-refractivity contribution >= 4 is 15.9 Å². The molecule has 1 nitrogen and oxygen atoms in total. The summed E-state index contributed by atoms with van der Waals surface area (Å²) in [5.41, 5.74) is 0.362. The zero-order chi connectivity index (χ0) is 13.2. The number of alkyl halides is 4. The Morgan fingerprint density at radius 3 is 2.17 bits per heavy atom. The van der Waals surface area contributed by atoms with Crippen molar-refractivity contribution in [2.45, 2.75) is 30.4 Å². The summed E-state index contributed by atoms with van der Waals surface area (Å²) in [6.07, 6.45) is -2.05. The smallest absolute Gasteiger partial charge is 0.299 e. The molecule has 0 unspecified atom stereocenters. The van der Waals surface area contributed by atoms with E-state index in [-0.39, 0.29) is 0 Å². The first-order valence-electron chi connectivity index (χ1n) is 5.98. The van der Waals surface area contributed by atoms with Crippen molar-refractivity contribution in [1.29, 1.82) is 0 Å². The minimum absolute atomic E-state index is 0.578. The van der Waals surface area contributed by atoms with E-state index in [9.17, 15) is 13.2 Å². The summed E-state index contributed by atoms with van der Waals surface area (Å²) in [4.78, 5) is 2.86. The molecular weight excluding hydrogens is 307 g/mol. The maximum Gasteiger partial charge on any atom is 0.416 e. The quantitative estimate of drug-likeness (QED) is 0.742. The average molecular weight is 322 g/mol. The predicted molar refractivity (Wildman–Crippen MR) is 68.7 cm³/mol. The molecule has 0 N–H and O–H groups in total. The number of rotatable bonds is 2. The Morgan fingerprint density at radius 2 is 1.67 bits per heavy atom. The Bertz CT molecular complexity index is 380. The van der Waals surface area contributed by atoms with E-state index >= 15 is 0 Å². The summed E-state index contributed by atoms with van der Waals surface area (Å²) in [6, 6.07) is 5.46. The zero-order valence-electron chi connectivity index (χ0n) is 9.88. The highest BCUT2D eigenvalue weighted by Gasteiger charge is 2.30. The second-order valence-electron chi connectivity index (χ2n) is 4.65. The van der Waals surface area contributed by atoms with Crippen LogP contribution in [0.2, 0.25) is 0 Å². The van der Waals surface area contributed by atoms with E-state index in [0.717, 1.165) is 50.2 Å². The van der Waals surface area contributed by atoms with E-state index in [1.807, 2.05) is 0 Å². The number of nitrogens with zero attached hydrogens (tertiary/aromatic N) is 1. The number of piperidine rings is 1. The van der Waals surface area contributed by atoms with Crippen LogP contribution in [0.3, 0.4) is 0 Å². The molecule has 1 aliphatic heterocycles. The second-order valence-corrected chi connectivity index (χ2v) is 5.94. The van der Waals surface area contributed by atoms with Gasteiger partial charge in [0, 0.05) is 11.4 Å². The summed E-state index contributed by atoms with van der Waals surface area (Å²) >= 11 is 3.58. The van der Waals surface area contributed by atoms with Crippen molar-refractivity contribution in [3.8, 4) is 0 Å². The lowest BCUT2D eigenvalue weighted by atomic mass is 10.1. The molecule has 1 aromatic carbocycles. The first kappa shape index (κ1) is 13.9. The molecule has 0 bridgehead atoms.